The molecule has 1 aromatic heterocycles. The van der Waals surface area contributed by atoms with Gasteiger partial charge in [0.25, 0.3) is 0 Å². The number of hydrogen-bond donors (Lipinski definition) is 1. The van der Waals surface area contributed by atoms with Crippen molar-refractivity contribution in [2.75, 3.05) is 0 Å². The average molecular weight is 303 g/mol. The van der Waals surface area contributed by atoms with Gasteiger partial charge in [-0.25, -0.2) is 0 Å². The Morgan fingerprint density at radius 2 is 1.72 bits per heavy atom. The summed E-state index contributed by atoms with van der Waals surface area (Å²) in [5.74, 6) is 0. The minimum atomic E-state index is -0.800. The van der Waals surface area contributed by atoms with Gasteiger partial charge in [0.2, 0.25) is 0 Å². The average Bonchev–Trinajstić information content (AvgIpc) is 2.32. The lowest BCUT2D eigenvalue weighted by Gasteiger charge is -2.15. The van der Waals surface area contributed by atoms with Gasteiger partial charge in [-0.05, 0) is 23.8 Å². The second-order valence-electron chi connectivity index (χ2n) is 3.82. The summed E-state index contributed by atoms with van der Waals surface area (Å²) >= 11 is 18.1. The largest absolute Gasteiger partial charge is 0.388 e. The molecule has 0 aliphatic carbocycles. The maximum Gasteiger partial charge on any atom is 0.0859 e. The number of hydrogen-bond acceptors (Lipinski definition) is 2. The van der Waals surface area contributed by atoms with Crippen LogP contribution in [-0.4, -0.2) is 10.1 Å². The van der Waals surface area contributed by atoms with Gasteiger partial charge in [-0.1, -0.05) is 40.9 Å². The molecule has 0 amide bonds. The first kappa shape index (κ1) is 13.6. The maximum atomic E-state index is 10.2. The summed E-state index contributed by atoms with van der Waals surface area (Å²) in [6.07, 6.45) is 2.70. The molecule has 1 N–H and O–H groups in total. The summed E-state index contributed by atoms with van der Waals surface area (Å²) in [5, 5.41) is 11.6. The number of nitrogens with zero attached hydrogens (tertiary/aromatic N) is 1. The van der Waals surface area contributed by atoms with E-state index in [4.69, 9.17) is 34.8 Å². The molecule has 94 valence electrons. The van der Waals surface area contributed by atoms with Gasteiger partial charge >= 0.3 is 0 Å². The summed E-state index contributed by atoms with van der Waals surface area (Å²) in [6.45, 7) is 0. The first-order valence-corrected chi connectivity index (χ1v) is 6.43. The molecular formula is C13H10Cl3NO. The molecule has 1 atom stereocenters. The number of aliphatic hydroxyl groups excluding tert-OH is 1. The third kappa shape index (κ3) is 2.96. The molecule has 2 rings (SSSR count). The highest BCUT2D eigenvalue weighted by molar-refractivity contribution is 6.36. The van der Waals surface area contributed by atoms with Gasteiger partial charge in [-0.15, -0.1) is 0 Å². The molecule has 18 heavy (non-hydrogen) atoms. The van der Waals surface area contributed by atoms with Crippen LogP contribution in [0.5, 0.6) is 0 Å². The van der Waals surface area contributed by atoms with E-state index in [1.54, 1.807) is 30.5 Å². The number of halogens is 3. The molecule has 0 radical (unpaired) electrons. The van der Waals surface area contributed by atoms with Gasteiger partial charge < -0.3 is 5.11 Å². The molecule has 5 heteroatoms. The van der Waals surface area contributed by atoms with Crippen LogP contribution in [0.3, 0.4) is 0 Å². The standard InChI is InChI=1S/C13H10Cl3NO/c14-9-2-1-3-10(15)13(9)12(18)6-8-4-5-17-7-11(8)16/h1-5,7,12,18H,6H2. The highest BCUT2D eigenvalue weighted by Crippen LogP contribution is 2.32. The van der Waals surface area contributed by atoms with Crippen molar-refractivity contribution in [1.29, 1.82) is 0 Å². The van der Waals surface area contributed by atoms with Gasteiger partial charge in [0.1, 0.15) is 0 Å². The number of aliphatic hydroxyl groups is 1. The second kappa shape index (κ2) is 5.89. The summed E-state index contributed by atoms with van der Waals surface area (Å²) in [7, 11) is 0. The van der Waals surface area contributed by atoms with Crippen LogP contribution in [0.15, 0.2) is 36.7 Å². The van der Waals surface area contributed by atoms with Gasteiger partial charge in [0.15, 0.2) is 0 Å². The first-order chi connectivity index (χ1) is 8.59. The van der Waals surface area contributed by atoms with Gasteiger partial charge in [-0.3, -0.25) is 4.98 Å². The fraction of sp³-hybridized carbons (Fsp3) is 0.154. The van der Waals surface area contributed by atoms with Crippen LogP contribution in [0.4, 0.5) is 0 Å². The summed E-state index contributed by atoms with van der Waals surface area (Å²) < 4.78 is 0. The predicted molar refractivity (Wildman–Crippen MR) is 74.4 cm³/mol. The molecule has 1 unspecified atom stereocenters. The Morgan fingerprint density at radius 3 is 2.33 bits per heavy atom. The summed E-state index contributed by atoms with van der Waals surface area (Å²) in [6, 6.07) is 6.89. The lowest BCUT2D eigenvalue weighted by molar-refractivity contribution is 0.178. The summed E-state index contributed by atoms with van der Waals surface area (Å²) in [4.78, 5) is 3.89. The fourth-order valence-corrected chi connectivity index (χ4v) is 2.55. The molecule has 0 fully saturated rings. The molecule has 0 aliphatic rings. The lowest BCUT2D eigenvalue weighted by atomic mass is 10.0. The number of pyridine rings is 1. The molecule has 1 aromatic carbocycles. The smallest absolute Gasteiger partial charge is 0.0859 e. The van der Waals surface area contributed by atoms with Gasteiger partial charge in [-0.2, -0.15) is 0 Å². The van der Waals surface area contributed by atoms with Crippen LogP contribution in [0, 0.1) is 0 Å². The van der Waals surface area contributed by atoms with Crippen LogP contribution in [-0.2, 0) is 6.42 Å². The number of benzene rings is 1. The number of aromatic nitrogens is 1. The Balaban J connectivity index is 2.28. The van der Waals surface area contributed by atoms with Crippen molar-refractivity contribution in [2.24, 2.45) is 0 Å². The normalized spacial score (nSPS) is 12.4. The van der Waals surface area contributed by atoms with E-state index >= 15 is 0 Å². The Labute approximate surface area is 120 Å². The van der Waals surface area contributed by atoms with Crippen molar-refractivity contribution < 1.29 is 5.11 Å². The van der Waals surface area contributed by atoms with Crippen LogP contribution in [0.25, 0.3) is 0 Å². The molecule has 0 aliphatic heterocycles. The molecule has 0 saturated heterocycles. The van der Waals surface area contributed by atoms with E-state index in [1.165, 1.54) is 6.20 Å². The minimum absolute atomic E-state index is 0.338. The van der Waals surface area contributed by atoms with E-state index in [9.17, 15) is 5.11 Å². The molecule has 2 nitrogen and oxygen atoms in total. The Bertz CT molecular complexity index is 539. The minimum Gasteiger partial charge on any atom is -0.388 e. The Morgan fingerprint density at radius 1 is 1.06 bits per heavy atom. The van der Waals surface area contributed by atoms with Crippen molar-refractivity contribution in [3.8, 4) is 0 Å². The first-order valence-electron chi connectivity index (χ1n) is 5.30. The van der Waals surface area contributed by atoms with Crippen molar-refractivity contribution in [1.82, 2.24) is 4.98 Å². The molecule has 0 bridgehead atoms. The second-order valence-corrected chi connectivity index (χ2v) is 5.04. The summed E-state index contributed by atoms with van der Waals surface area (Å²) in [5.41, 5.74) is 1.32. The van der Waals surface area contributed by atoms with E-state index in [0.717, 1.165) is 5.56 Å². The van der Waals surface area contributed by atoms with Crippen LogP contribution in [0.2, 0.25) is 15.1 Å². The monoisotopic (exact) mass is 301 g/mol. The van der Waals surface area contributed by atoms with Crippen LogP contribution >= 0.6 is 34.8 Å². The maximum absolute atomic E-state index is 10.2. The SMILES string of the molecule is OC(Cc1ccncc1Cl)c1c(Cl)cccc1Cl. The highest BCUT2D eigenvalue weighted by atomic mass is 35.5. The van der Waals surface area contributed by atoms with Crippen molar-refractivity contribution in [3.63, 3.8) is 0 Å². The Kier molecular flexibility index (Phi) is 4.46. The van der Waals surface area contributed by atoms with E-state index in [0.29, 0.717) is 27.1 Å². The Hall–Kier alpha value is -0.800. The fourth-order valence-electron chi connectivity index (χ4n) is 1.71. The topological polar surface area (TPSA) is 33.1 Å². The van der Waals surface area contributed by atoms with E-state index < -0.39 is 6.10 Å². The predicted octanol–water partition coefficient (Wildman–Crippen LogP) is 4.32. The zero-order chi connectivity index (χ0) is 13.1. The zero-order valence-electron chi connectivity index (χ0n) is 9.28. The van der Waals surface area contributed by atoms with Crippen molar-refractivity contribution >= 4 is 34.8 Å². The number of rotatable bonds is 3. The molecule has 0 saturated carbocycles. The third-order valence-corrected chi connectivity index (χ3v) is 3.60. The van der Waals surface area contributed by atoms with E-state index in [2.05, 4.69) is 4.98 Å². The van der Waals surface area contributed by atoms with E-state index in [1.807, 2.05) is 0 Å². The lowest BCUT2D eigenvalue weighted by Crippen LogP contribution is -2.04. The molecule has 2 aromatic rings. The van der Waals surface area contributed by atoms with Crippen molar-refractivity contribution in [2.45, 2.75) is 12.5 Å². The highest BCUT2D eigenvalue weighted by Gasteiger charge is 2.17. The molecular weight excluding hydrogens is 293 g/mol. The van der Waals surface area contributed by atoms with Crippen LogP contribution in [0.1, 0.15) is 17.2 Å². The third-order valence-electron chi connectivity index (χ3n) is 2.60. The van der Waals surface area contributed by atoms with Crippen LogP contribution < -0.4 is 0 Å². The van der Waals surface area contributed by atoms with Gasteiger partial charge in [0, 0.05) is 34.4 Å². The van der Waals surface area contributed by atoms with Crippen molar-refractivity contribution in [3.05, 3.63) is 62.9 Å². The molecule has 0 spiro atoms. The quantitative estimate of drug-likeness (QED) is 0.916. The zero-order valence-corrected chi connectivity index (χ0v) is 11.5. The molecule has 1 heterocycles. The van der Waals surface area contributed by atoms with E-state index in [-0.39, 0.29) is 0 Å². The van der Waals surface area contributed by atoms with Gasteiger partial charge in [0.05, 0.1) is 11.1 Å².